The summed E-state index contributed by atoms with van der Waals surface area (Å²) in [5.41, 5.74) is 3.52. The van der Waals surface area contributed by atoms with E-state index in [0.717, 1.165) is 36.9 Å². The molecular weight excluding hydrogens is 352 g/mol. The first-order chi connectivity index (χ1) is 13.8. The molecule has 0 bridgehead atoms. The van der Waals surface area contributed by atoms with Gasteiger partial charge in [0.15, 0.2) is 0 Å². The summed E-state index contributed by atoms with van der Waals surface area (Å²) >= 11 is 0. The molecule has 0 amide bonds. The minimum atomic E-state index is -0.0222. The zero-order valence-electron chi connectivity index (χ0n) is 16.4. The summed E-state index contributed by atoms with van der Waals surface area (Å²) in [6.45, 7) is 5.18. The summed E-state index contributed by atoms with van der Waals surface area (Å²) < 4.78 is 18.9. The standard InChI is InChI=1S/C23H26N2O3/c1-3-27-22-10-6-20(7-11-22)24-13-12-19(17-24)23-25(14-15-28-23)16-18-4-8-21(26-2)9-5-18/h4-13,17,23H,3,14-16H2,1-2H3. The maximum atomic E-state index is 6.04. The number of nitrogens with zero attached hydrogens (tertiary/aromatic N) is 2. The number of hydrogen-bond acceptors (Lipinski definition) is 4. The Morgan fingerprint density at radius 2 is 1.75 bits per heavy atom. The highest BCUT2D eigenvalue weighted by molar-refractivity contribution is 5.39. The molecule has 0 N–H and O–H groups in total. The first-order valence-electron chi connectivity index (χ1n) is 9.66. The number of aromatic nitrogens is 1. The molecule has 0 radical (unpaired) electrons. The van der Waals surface area contributed by atoms with Crippen molar-refractivity contribution in [3.05, 3.63) is 78.1 Å². The van der Waals surface area contributed by atoms with E-state index in [2.05, 4.69) is 52.2 Å². The van der Waals surface area contributed by atoms with Crippen molar-refractivity contribution in [3.63, 3.8) is 0 Å². The van der Waals surface area contributed by atoms with E-state index >= 15 is 0 Å². The Hall–Kier alpha value is -2.76. The Kier molecular flexibility index (Phi) is 5.65. The van der Waals surface area contributed by atoms with E-state index in [0.29, 0.717) is 6.61 Å². The summed E-state index contributed by atoms with van der Waals surface area (Å²) in [6.07, 6.45) is 4.20. The zero-order valence-corrected chi connectivity index (χ0v) is 16.4. The maximum absolute atomic E-state index is 6.04. The third-order valence-corrected chi connectivity index (χ3v) is 4.98. The van der Waals surface area contributed by atoms with Gasteiger partial charge in [-0.2, -0.15) is 0 Å². The van der Waals surface area contributed by atoms with E-state index in [9.17, 15) is 0 Å². The molecule has 2 aromatic carbocycles. The van der Waals surface area contributed by atoms with Crippen LogP contribution in [0.3, 0.4) is 0 Å². The Morgan fingerprint density at radius 1 is 1.00 bits per heavy atom. The summed E-state index contributed by atoms with van der Waals surface area (Å²) in [4.78, 5) is 2.36. The third kappa shape index (κ3) is 4.06. The van der Waals surface area contributed by atoms with Gasteiger partial charge in [0, 0.05) is 36.7 Å². The van der Waals surface area contributed by atoms with E-state index in [4.69, 9.17) is 14.2 Å². The Morgan fingerprint density at radius 3 is 2.46 bits per heavy atom. The molecule has 1 fully saturated rings. The van der Waals surface area contributed by atoms with Crippen molar-refractivity contribution >= 4 is 0 Å². The van der Waals surface area contributed by atoms with Gasteiger partial charge in [0.1, 0.15) is 17.7 Å². The molecule has 5 heteroatoms. The van der Waals surface area contributed by atoms with Gasteiger partial charge >= 0.3 is 0 Å². The van der Waals surface area contributed by atoms with Crippen molar-refractivity contribution in [1.29, 1.82) is 0 Å². The maximum Gasteiger partial charge on any atom is 0.138 e. The smallest absolute Gasteiger partial charge is 0.138 e. The molecule has 1 unspecified atom stereocenters. The fourth-order valence-electron chi connectivity index (χ4n) is 3.54. The molecule has 1 saturated heterocycles. The van der Waals surface area contributed by atoms with Crippen LogP contribution < -0.4 is 9.47 Å². The summed E-state index contributed by atoms with van der Waals surface area (Å²) in [5, 5.41) is 0. The highest BCUT2D eigenvalue weighted by atomic mass is 16.5. The lowest BCUT2D eigenvalue weighted by Crippen LogP contribution is -2.23. The Bertz CT molecular complexity index is 887. The molecule has 1 aliphatic rings. The van der Waals surface area contributed by atoms with Crippen LogP contribution >= 0.6 is 0 Å². The molecule has 5 nitrogen and oxygen atoms in total. The van der Waals surface area contributed by atoms with Gasteiger partial charge < -0.3 is 18.8 Å². The van der Waals surface area contributed by atoms with Gasteiger partial charge in [-0.1, -0.05) is 12.1 Å². The van der Waals surface area contributed by atoms with Gasteiger partial charge in [-0.3, -0.25) is 4.90 Å². The lowest BCUT2D eigenvalue weighted by Gasteiger charge is -2.22. The number of methoxy groups -OCH3 is 1. The molecule has 0 aliphatic carbocycles. The second-order valence-electron chi connectivity index (χ2n) is 6.82. The van der Waals surface area contributed by atoms with E-state index in [-0.39, 0.29) is 6.23 Å². The number of hydrogen-bond donors (Lipinski definition) is 0. The van der Waals surface area contributed by atoms with E-state index in [1.165, 1.54) is 11.1 Å². The first-order valence-corrected chi connectivity index (χ1v) is 9.66. The van der Waals surface area contributed by atoms with Gasteiger partial charge in [0.25, 0.3) is 0 Å². The third-order valence-electron chi connectivity index (χ3n) is 4.98. The number of ether oxygens (including phenoxy) is 3. The molecule has 4 rings (SSSR count). The average molecular weight is 378 g/mol. The van der Waals surface area contributed by atoms with Crippen molar-refractivity contribution < 1.29 is 14.2 Å². The largest absolute Gasteiger partial charge is 0.497 e. The molecule has 0 spiro atoms. The predicted octanol–water partition coefficient (Wildman–Crippen LogP) is 4.42. The SMILES string of the molecule is CCOc1ccc(-n2ccc(C3OCCN3Cc3ccc(OC)cc3)c2)cc1. The molecule has 2 heterocycles. The van der Waals surface area contributed by atoms with Crippen LogP contribution in [0.25, 0.3) is 5.69 Å². The van der Waals surface area contributed by atoms with Crippen molar-refractivity contribution in [3.8, 4) is 17.2 Å². The zero-order chi connectivity index (χ0) is 19.3. The topological polar surface area (TPSA) is 35.9 Å². The second kappa shape index (κ2) is 8.50. The lowest BCUT2D eigenvalue weighted by atomic mass is 10.2. The molecule has 1 aliphatic heterocycles. The molecule has 0 saturated carbocycles. The second-order valence-corrected chi connectivity index (χ2v) is 6.82. The predicted molar refractivity (Wildman–Crippen MR) is 109 cm³/mol. The van der Waals surface area contributed by atoms with Crippen LogP contribution in [0.4, 0.5) is 0 Å². The fourth-order valence-corrected chi connectivity index (χ4v) is 3.54. The minimum Gasteiger partial charge on any atom is -0.497 e. The minimum absolute atomic E-state index is 0.0222. The molecule has 28 heavy (non-hydrogen) atoms. The Labute approximate surface area is 166 Å². The van der Waals surface area contributed by atoms with E-state index < -0.39 is 0 Å². The van der Waals surface area contributed by atoms with Crippen molar-refractivity contribution in [2.75, 3.05) is 26.9 Å². The lowest BCUT2D eigenvalue weighted by molar-refractivity contribution is 0.0288. The van der Waals surface area contributed by atoms with Crippen LogP contribution in [0.15, 0.2) is 67.0 Å². The fraction of sp³-hybridized carbons (Fsp3) is 0.304. The van der Waals surface area contributed by atoms with E-state index in [1.54, 1.807) is 7.11 Å². The summed E-state index contributed by atoms with van der Waals surface area (Å²) in [7, 11) is 1.69. The molecule has 3 aromatic rings. The van der Waals surface area contributed by atoms with Crippen LogP contribution in [0, 0.1) is 0 Å². The molecule has 1 atom stereocenters. The summed E-state index contributed by atoms with van der Waals surface area (Å²) in [5.74, 6) is 1.77. The van der Waals surface area contributed by atoms with Crippen LogP contribution in [0.1, 0.15) is 24.3 Å². The van der Waals surface area contributed by atoms with Gasteiger partial charge in [0.05, 0.1) is 20.3 Å². The van der Waals surface area contributed by atoms with Crippen LogP contribution in [-0.4, -0.2) is 36.3 Å². The van der Waals surface area contributed by atoms with Crippen LogP contribution in [-0.2, 0) is 11.3 Å². The first kappa shape index (κ1) is 18.6. The highest BCUT2D eigenvalue weighted by Gasteiger charge is 2.27. The van der Waals surface area contributed by atoms with Gasteiger partial charge in [0.2, 0.25) is 0 Å². The number of rotatable bonds is 7. The van der Waals surface area contributed by atoms with Crippen molar-refractivity contribution in [2.45, 2.75) is 19.7 Å². The average Bonchev–Trinajstić information content (AvgIpc) is 3.39. The quantitative estimate of drug-likeness (QED) is 0.610. The van der Waals surface area contributed by atoms with Crippen molar-refractivity contribution in [2.24, 2.45) is 0 Å². The summed E-state index contributed by atoms with van der Waals surface area (Å²) in [6, 6.07) is 18.5. The monoisotopic (exact) mass is 378 g/mol. The van der Waals surface area contributed by atoms with Gasteiger partial charge in [-0.25, -0.2) is 0 Å². The normalized spacial score (nSPS) is 17.0. The van der Waals surface area contributed by atoms with Gasteiger partial charge in [-0.15, -0.1) is 0 Å². The molecule has 146 valence electrons. The highest BCUT2D eigenvalue weighted by Crippen LogP contribution is 2.30. The molecule has 1 aromatic heterocycles. The van der Waals surface area contributed by atoms with Crippen molar-refractivity contribution in [1.82, 2.24) is 9.47 Å². The van der Waals surface area contributed by atoms with Crippen LogP contribution in [0.2, 0.25) is 0 Å². The van der Waals surface area contributed by atoms with E-state index in [1.807, 2.05) is 31.2 Å². The van der Waals surface area contributed by atoms with Gasteiger partial charge in [-0.05, 0) is 55.0 Å². The number of benzene rings is 2. The molecular formula is C23H26N2O3. The Balaban J connectivity index is 1.47. The van der Waals surface area contributed by atoms with Crippen LogP contribution in [0.5, 0.6) is 11.5 Å².